The van der Waals surface area contributed by atoms with E-state index in [1.807, 2.05) is 0 Å². The van der Waals surface area contributed by atoms with Crippen molar-refractivity contribution in [3.63, 3.8) is 0 Å². The summed E-state index contributed by atoms with van der Waals surface area (Å²) in [6.45, 7) is 8.04. The van der Waals surface area contributed by atoms with Crippen LogP contribution < -0.4 is 9.80 Å². The second kappa shape index (κ2) is 5.35. The van der Waals surface area contributed by atoms with Crippen molar-refractivity contribution >= 4 is 11.6 Å². The van der Waals surface area contributed by atoms with Crippen LogP contribution in [-0.2, 0) is 0 Å². The zero-order valence-corrected chi connectivity index (χ0v) is 12.0. The molecule has 2 atom stereocenters. The van der Waals surface area contributed by atoms with Gasteiger partial charge in [0.25, 0.3) is 0 Å². The van der Waals surface area contributed by atoms with Crippen LogP contribution in [0.4, 0.5) is 11.6 Å². The molecular formula is C15H24N4. The minimum absolute atomic E-state index is 0.587. The SMILES string of the molecule is CC1CCN(c2cc(N3CCCCC3)ncn2)C1C. The maximum atomic E-state index is 4.49. The number of piperidine rings is 1. The van der Waals surface area contributed by atoms with Crippen LogP contribution in [0.25, 0.3) is 0 Å². The molecule has 0 amide bonds. The van der Waals surface area contributed by atoms with Crippen LogP contribution in [0.15, 0.2) is 12.4 Å². The highest BCUT2D eigenvalue weighted by Gasteiger charge is 2.28. The third-order valence-corrected chi connectivity index (χ3v) is 4.75. The Kier molecular flexibility index (Phi) is 3.58. The van der Waals surface area contributed by atoms with Crippen LogP contribution in [0, 0.1) is 5.92 Å². The normalized spacial score (nSPS) is 27.9. The highest BCUT2D eigenvalue weighted by Crippen LogP contribution is 2.29. The van der Waals surface area contributed by atoms with Crippen molar-refractivity contribution in [2.24, 2.45) is 5.92 Å². The summed E-state index contributed by atoms with van der Waals surface area (Å²) in [6, 6.07) is 2.77. The smallest absolute Gasteiger partial charge is 0.134 e. The molecule has 3 heterocycles. The fourth-order valence-corrected chi connectivity index (χ4v) is 3.21. The lowest BCUT2D eigenvalue weighted by Gasteiger charge is -2.29. The molecule has 0 aliphatic carbocycles. The lowest BCUT2D eigenvalue weighted by atomic mass is 10.1. The quantitative estimate of drug-likeness (QED) is 0.818. The van der Waals surface area contributed by atoms with E-state index >= 15 is 0 Å². The van der Waals surface area contributed by atoms with E-state index in [4.69, 9.17) is 0 Å². The van der Waals surface area contributed by atoms with Gasteiger partial charge in [0.2, 0.25) is 0 Å². The van der Waals surface area contributed by atoms with E-state index in [-0.39, 0.29) is 0 Å². The van der Waals surface area contributed by atoms with Crippen molar-refractivity contribution < 1.29 is 0 Å². The molecule has 0 radical (unpaired) electrons. The Balaban J connectivity index is 1.79. The summed E-state index contributed by atoms with van der Waals surface area (Å²) in [7, 11) is 0. The molecule has 0 aromatic carbocycles. The maximum Gasteiger partial charge on any atom is 0.134 e. The van der Waals surface area contributed by atoms with Gasteiger partial charge in [-0.3, -0.25) is 0 Å². The summed E-state index contributed by atoms with van der Waals surface area (Å²) in [5, 5.41) is 0. The Morgan fingerprint density at radius 3 is 2.42 bits per heavy atom. The van der Waals surface area contributed by atoms with Gasteiger partial charge in [0.15, 0.2) is 0 Å². The van der Waals surface area contributed by atoms with Crippen LogP contribution in [0.5, 0.6) is 0 Å². The first-order chi connectivity index (χ1) is 9.25. The van der Waals surface area contributed by atoms with Crippen LogP contribution in [0.1, 0.15) is 39.5 Å². The first-order valence-electron chi connectivity index (χ1n) is 7.59. The number of aromatic nitrogens is 2. The summed E-state index contributed by atoms with van der Waals surface area (Å²) in [5.74, 6) is 2.97. The minimum Gasteiger partial charge on any atom is -0.356 e. The highest BCUT2D eigenvalue weighted by molar-refractivity contribution is 5.51. The molecule has 4 nitrogen and oxygen atoms in total. The van der Waals surface area contributed by atoms with Gasteiger partial charge in [0.1, 0.15) is 18.0 Å². The Labute approximate surface area is 115 Å². The predicted molar refractivity (Wildman–Crippen MR) is 78.7 cm³/mol. The van der Waals surface area contributed by atoms with Crippen molar-refractivity contribution in [3.8, 4) is 0 Å². The largest absolute Gasteiger partial charge is 0.356 e. The molecule has 1 aromatic heterocycles. The van der Waals surface area contributed by atoms with Crippen LogP contribution in [0.2, 0.25) is 0 Å². The van der Waals surface area contributed by atoms with Gasteiger partial charge in [-0.25, -0.2) is 9.97 Å². The van der Waals surface area contributed by atoms with Gasteiger partial charge in [0.05, 0.1) is 0 Å². The number of hydrogen-bond donors (Lipinski definition) is 0. The van der Waals surface area contributed by atoms with Gasteiger partial charge in [-0.15, -0.1) is 0 Å². The maximum absolute atomic E-state index is 4.49. The first-order valence-corrected chi connectivity index (χ1v) is 7.59. The Morgan fingerprint density at radius 1 is 1.00 bits per heavy atom. The summed E-state index contributed by atoms with van der Waals surface area (Å²) < 4.78 is 0. The van der Waals surface area contributed by atoms with E-state index < -0.39 is 0 Å². The molecule has 2 saturated heterocycles. The van der Waals surface area contributed by atoms with E-state index in [1.54, 1.807) is 6.33 Å². The molecule has 2 aliphatic heterocycles. The van der Waals surface area contributed by atoms with Crippen molar-refractivity contribution in [3.05, 3.63) is 12.4 Å². The van der Waals surface area contributed by atoms with Gasteiger partial charge < -0.3 is 9.80 Å². The molecular weight excluding hydrogens is 236 g/mol. The summed E-state index contributed by atoms with van der Waals surface area (Å²) in [4.78, 5) is 13.8. The number of hydrogen-bond acceptors (Lipinski definition) is 4. The average molecular weight is 260 g/mol. The number of anilines is 2. The molecule has 0 bridgehead atoms. The lowest BCUT2D eigenvalue weighted by Crippen LogP contribution is -2.32. The molecule has 2 aliphatic rings. The third-order valence-electron chi connectivity index (χ3n) is 4.75. The molecule has 3 rings (SSSR count). The van der Waals surface area contributed by atoms with Crippen LogP contribution >= 0.6 is 0 Å². The molecule has 2 unspecified atom stereocenters. The Hall–Kier alpha value is -1.32. The number of rotatable bonds is 2. The molecule has 0 N–H and O–H groups in total. The van der Waals surface area contributed by atoms with E-state index in [9.17, 15) is 0 Å². The van der Waals surface area contributed by atoms with Gasteiger partial charge in [0, 0.05) is 31.7 Å². The molecule has 0 saturated carbocycles. The zero-order valence-electron chi connectivity index (χ0n) is 12.0. The number of nitrogens with zero attached hydrogens (tertiary/aromatic N) is 4. The molecule has 4 heteroatoms. The monoisotopic (exact) mass is 260 g/mol. The summed E-state index contributed by atoms with van der Waals surface area (Å²) in [6.07, 6.45) is 6.93. The van der Waals surface area contributed by atoms with Gasteiger partial charge in [-0.1, -0.05) is 6.92 Å². The van der Waals surface area contributed by atoms with E-state index in [0.29, 0.717) is 6.04 Å². The molecule has 2 fully saturated rings. The fraction of sp³-hybridized carbons (Fsp3) is 0.733. The van der Waals surface area contributed by atoms with Gasteiger partial charge in [-0.05, 0) is 38.5 Å². The summed E-state index contributed by atoms with van der Waals surface area (Å²) in [5.41, 5.74) is 0. The van der Waals surface area contributed by atoms with Crippen molar-refractivity contribution in [2.75, 3.05) is 29.4 Å². The molecule has 19 heavy (non-hydrogen) atoms. The van der Waals surface area contributed by atoms with Crippen molar-refractivity contribution in [1.82, 2.24) is 9.97 Å². The minimum atomic E-state index is 0.587. The second-order valence-corrected chi connectivity index (χ2v) is 5.98. The van der Waals surface area contributed by atoms with Gasteiger partial charge in [-0.2, -0.15) is 0 Å². The standard InChI is InChI=1S/C15H24N4/c1-12-6-9-19(13(12)2)15-10-14(16-11-17-15)18-7-4-3-5-8-18/h10-13H,3-9H2,1-2H3. The first kappa shape index (κ1) is 12.7. The zero-order chi connectivity index (χ0) is 13.2. The Bertz CT molecular complexity index is 428. The van der Waals surface area contributed by atoms with Crippen molar-refractivity contribution in [2.45, 2.75) is 45.6 Å². The molecule has 104 valence electrons. The lowest BCUT2D eigenvalue weighted by molar-refractivity contribution is 0.544. The van der Waals surface area contributed by atoms with Crippen molar-refractivity contribution in [1.29, 1.82) is 0 Å². The molecule has 1 aromatic rings. The van der Waals surface area contributed by atoms with E-state index in [2.05, 4.69) is 39.7 Å². The average Bonchev–Trinajstić information content (AvgIpc) is 2.80. The third kappa shape index (κ3) is 2.53. The highest BCUT2D eigenvalue weighted by atomic mass is 15.3. The Morgan fingerprint density at radius 2 is 1.74 bits per heavy atom. The summed E-state index contributed by atoms with van der Waals surface area (Å²) >= 11 is 0. The van der Waals surface area contributed by atoms with E-state index in [0.717, 1.165) is 37.2 Å². The topological polar surface area (TPSA) is 32.3 Å². The van der Waals surface area contributed by atoms with Gasteiger partial charge >= 0.3 is 0 Å². The molecule has 0 spiro atoms. The fourth-order valence-electron chi connectivity index (χ4n) is 3.21. The van der Waals surface area contributed by atoms with Crippen LogP contribution in [0.3, 0.4) is 0 Å². The predicted octanol–water partition coefficient (Wildman–Crippen LogP) is 2.70. The van der Waals surface area contributed by atoms with E-state index in [1.165, 1.54) is 25.7 Å². The second-order valence-electron chi connectivity index (χ2n) is 5.98. The van der Waals surface area contributed by atoms with Crippen LogP contribution in [-0.4, -0.2) is 35.6 Å².